The van der Waals surface area contributed by atoms with E-state index in [2.05, 4.69) is 39.6 Å². The molecule has 0 aliphatic rings. The highest BCUT2D eigenvalue weighted by molar-refractivity contribution is 7.98. The summed E-state index contributed by atoms with van der Waals surface area (Å²) in [4.78, 5) is 0. The Morgan fingerprint density at radius 1 is 0.917 bits per heavy atom. The number of aromatic nitrogens is 3. The SMILES string of the molecule is Cc1cc(CSc2nnc(-c3ccccc3)c3ccccc23)on1. The Morgan fingerprint density at radius 2 is 1.67 bits per heavy atom. The van der Waals surface area contributed by atoms with Gasteiger partial charge in [0.1, 0.15) is 16.5 Å². The van der Waals surface area contributed by atoms with E-state index in [0.29, 0.717) is 5.75 Å². The van der Waals surface area contributed by atoms with Crippen LogP contribution in [0.3, 0.4) is 0 Å². The van der Waals surface area contributed by atoms with Crippen molar-refractivity contribution < 1.29 is 4.52 Å². The summed E-state index contributed by atoms with van der Waals surface area (Å²) in [6.45, 7) is 1.92. The summed E-state index contributed by atoms with van der Waals surface area (Å²) in [6.07, 6.45) is 0. The summed E-state index contributed by atoms with van der Waals surface area (Å²) in [7, 11) is 0. The fourth-order valence-corrected chi connectivity index (χ4v) is 3.47. The molecule has 5 heteroatoms. The average Bonchev–Trinajstić information content (AvgIpc) is 3.06. The molecule has 4 nitrogen and oxygen atoms in total. The van der Waals surface area contributed by atoms with E-state index in [1.54, 1.807) is 11.8 Å². The molecule has 0 saturated carbocycles. The smallest absolute Gasteiger partial charge is 0.147 e. The van der Waals surface area contributed by atoms with E-state index in [4.69, 9.17) is 4.52 Å². The van der Waals surface area contributed by atoms with E-state index >= 15 is 0 Å². The van der Waals surface area contributed by atoms with Gasteiger partial charge in [-0.3, -0.25) is 0 Å². The van der Waals surface area contributed by atoms with Gasteiger partial charge in [-0.15, -0.1) is 10.2 Å². The lowest BCUT2D eigenvalue weighted by atomic mass is 10.1. The van der Waals surface area contributed by atoms with Gasteiger partial charge in [0, 0.05) is 22.4 Å². The van der Waals surface area contributed by atoms with Crippen LogP contribution in [0.5, 0.6) is 0 Å². The molecule has 118 valence electrons. The van der Waals surface area contributed by atoms with Gasteiger partial charge in [0.25, 0.3) is 0 Å². The van der Waals surface area contributed by atoms with Gasteiger partial charge in [-0.1, -0.05) is 71.5 Å². The fraction of sp³-hybridized carbons (Fsp3) is 0.105. The number of rotatable bonds is 4. The lowest BCUT2D eigenvalue weighted by molar-refractivity contribution is 0.391. The first-order chi connectivity index (χ1) is 11.8. The van der Waals surface area contributed by atoms with Crippen LogP contribution in [0.15, 0.2) is 70.2 Å². The maximum Gasteiger partial charge on any atom is 0.147 e. The van der Waals surface area contributed by atoms with Gasteiger partial charge in [0.15, 0.2) is 0 Å². The minimum Gasteiger partial charge on any atom is -0.360 e. The minimum atomic E-state index is 0.685. The van der Waals surface area contributed by atoms with Crippen molar-refractivity contribution >= 4 is 22.5 Å². The van der Waals surface area contributed by atoms with E-state index in [9.17, 15) is 0 Å². The Labute approximate surface area is 143 Å². The molecule has 2 heterocycles. The number of hydrogen-bond acceptors (Lipinski definition) is 5. The third-order valence-corrected chi connectivity index (χ3v) is 4.73. The molecular formula is C19H15N3OS. The second kappa shape index (κ2) is 6.45. The average molecular weight is 333 g/mol. The molecule has 0 atom stereocenters. The largest absolute Gasteiger partial charge is 0.360 e. The topological polar surface area (TPSA) is 51.8 Å². The summed E-state index contributed by atoms with van der Waals surface area (Å²) in [5.74, 6) is 1.53. The molecule has 0 N–H and O–H groups in total. The van der Waals surface area contributed by atoms with E-state index in [0.717, 1.165) is 38.5 Å². The van der Waals surface area contributed by atoms with Gasteiger partial charge in [-0.2, -0.15) is 0 Å². The first-order valence-corrected chi connectivity index (χ1v) is 8.65. The van der Waals surface area contributed by atoms with Crippen molar-refractivity contribution in [1.29, 1.82) is 0 Å². The highest BCUT2D eigenvalue weighted by atomic mass is 32.2. The predicted octanol–water partition coefficient (Wildman–Crippen LogP) is 4.89. The van der Waals surface area contributed by atoms with Gasteiger partial charge in [0.2, 0.25) is 0 Å². The van der Waals surface area contributed by atoms with Gasteiger partial charge in [0.05, 0.1) is 11.4 Å². The first-order valence-electron chi connectivity index (χ1n) is 7.67. The molecule has 0 saturated heterocycles. The molecular weight excluding hydrogens is 318 g/mol. The van der Waals surface area contributed by atoms with Gasteiger partial charge in [-0.05, 0) is 6.92 Å². The third kappa shape index (κ3) is 2.90. The van der Waals surface area contributed by atoms with Crippen molar-refractivity contribution in [2.45, 2.75) is 17.7 Å². The van der Waals surface area contributed by atoms with Crippen LogP contribution in [-0.4, -0.2) is 15.4 Å². The molecule has 0 fully saturated rings. The number of fused-ring (bicyclic) bond motifs is 1. The predicted molar refractivity (Wildman–Crippen MR) is 95.8 cm³/mol. The molecule has 0 amide bonds. The second-order valence-electron chi connectivity index (χ2n) is 5.49. The van der Waals surface area contributed by atoms with Crippen molar-refractivity contribution in [3.63, 3.8) is 0 Å². The van der Waals surface area contributed by atoms with Gasteiger partial charge < -0.3 is 4.52 Å². The standard InChI is InChI=1S/C19H15N3OS/c1-13-11-15(23-22-13)12-24-19-17-10-6-5-9-16(17)18(20-21-19)14-7-3-2-4-8-14/h2-11H,12H2,1H3. The quantitative estimate of drug-likeness (QED) is 0.498. The van der Waals surface area contributed by atoms with E-state index < -0.39 is 0 Å². The Balaban J connectivity index is 1.73. The summed E-state index contributed by atoms with van der Waals surface area (Å²) in [6, 6.07) is 20.3. The highest BCUT2D eigenvalue weighted by Crippen LogP contribution is 2.32. The Kier molecular flexibility index (Phi) is 4.01. The fourth-order valence-electron chi connectivity index (χ4n) is 2.62. The number of nitrogens with zero attached hydrogens (tertiary/aromatic N) is 3. The molecule has 0 radical (unpaired) electrons. The zero-order valence-electron chi connectivity index (χ0n) is 13.1. The Hall–Kier alpha value is -2.66. The van der Waals surface area contributed by atoms with Crippen molar-refractivity contribution in [2.75, 3.05) is 0 Å². The van der Waals surface area contributed by atoms with E-state index in [1.165, 1.54) is 0 Å². The number of aryl methyl sites for hydroxylation is 1. The molecule has 2 aromatic heterocycles. The highest BCUT2D eigenvalue weighted by Gasteiger charge is 2.12. The third-order valence-electron chi connectivity index (χ3n) is 3.73. The van der Waals surface area contributed by atoms with Crippen LogP contribution in [0.4, 0.5) is 0 Å². The summed E-state index contributed by atoms with van der Waals surface area (Å²) in [5.41, 5.74) is 2.87. The van der Waals surface area contributed by atoms with E-state index in [1.807, 2.05) is 43.3 Å². The summed E-state index contributed by atoms with van der Waals surface area (Å²) < 4.78 is 5.27. The first kappa shape index (κ1) is 14.9. The molecule has 2 aromatic carbocycles. The molecule has 0 aliphatic carbocycles. The Morgan fingerprint density at radius 3 is 2.42 bits per heavy atom. The van der Waals surface area contributed by atoms with Gasteiger partial charge in [-0.25, -0.2) is 0 Å². The lowest BCUT2D eigenvalue weighted by Gasteiger charge is -2.08. The van der Waals surface area contributed by atoms with Crippen LogP contribution in [0.25, 0.3) is 22.0 Å². The number of thioether (sulfide) groups is 1. The molecule has 0 unspecified atom stereocenters. The Bertz CT molecular complexity index is 982. The molecule has 0 spiro atoms. The van der Waals surface area contributed by atoms with Crippen molar-refractivity contribution in [2.24, 2.45) is 0 Å². The minimum absolute atomic E-state index is 0.685. The number of benzene rings is 2. The number of hydrogen-bond donors (Lipinski definition) is 0. The van der Waals surface area contributed by atoms with Gasteiger partial charge >= 0.3 is 0 Å². The summed E-state index contributed by atoms with van der Waals surface area (Å²) in [5, 5.41) is 16.0. The van der Waals surface area contributed by atoms with Crippen LogP contribution >= 0.6 is 11.8 Å². The van der Waals surface area contributed by atoms with Crippen LogP contribution in [0, 0.1) is 6.92 Å². The van der Waals surface area contributed by atoms with Crippen LogP contribution in [-0.2, 0) is 5.75 Å². The molecule has 4 rings (SSSR count). The molecule has 4 aromatic rings. The lowest BCUT2D eigenvalue weighted by Crippen LogP contribution is -1.93. The zero-order valence-corrected chi connectivity index (χ0v) is 14.0. The molecule has 0 bridgehead atoms. The maximum absolute atomic E-state index is 5.27. The van der Waals surface area contributed by atoms with Crippen molar-refractivity contribution in [3.8, 4) is 11.3 Å². The molecule has 24 heavy (non-hydrogen) atoms. The maximum atomic E-state index is 5.27. The van der Waals surface area contributed by atoms with Crippen LogP contribution in [0.1, 0.15) is 11.5 Å². The van der Waals surface area contributed by atoms with Crippen LogP contribution < -0.4 is 0 Å². The van der Waals surface area contributed by atoms with Crippen LogP contribution in [0.2, 0.25) is 0 Å². The van der Waals surface area contributed by atoms with Crippen molar-refractivity contribution in [3.05, 3.63) is 72.1 Å². The monoisotopic (exact) mass is 333 g/mol. The van der Waals surface area contributed by atoms with E-state index in [-0.39, 0.29) is 0 Å². The normalized spacial score (nSPS) is 11.0. The molecule has 0 aliphatic heterocycles. The second-order valence-corrected chi connectivity index (χ2v) is 6.45. The summed E-state index contributed by atoms with van der Waals surface area (Å²) >= 11 is 1.61. The van der Waals surface area contributed by atoms with Crippen molar-refractivity contribution in [1.82, 2.24) is 15.4 Å². The zero-order chi connectivity index (χ0) is 16.4.